The van der Waals surface area contributed by atoms with E-state index in [1.54, 1.807) is 24.4 Å². The van der Waals surface area contributed by atoms with Crippen LogP contribution in [0.15, 0.2) is 43.2 Å². The van der Waals surface area contributed by atoms with Crippen LogP contribution in [-0.4, -0.2) is 27.5 Å². The maximum absolute atomic E-state index is 11.6. The summed E-state index contributed by atoms with van der Waals surface area (Å²) in [4.78, 5) is 15.7. The molecular formula is C13H11N5O2. The van der Waals surface area contributed by atoms with Crippen molar-refractivity contribution in [2.45, 2.75) is 0 Å². The lowest BCUT2D eigenvalue weighted by atomic mass is 10.3. The number of carbonyl (C=O) groups is 1. The van der Waals surface area contributed by atoms with Crippen LogP contribution in [-0.2, 0) is 4.74 Å². The number of rotatable bonds is 4. The van der Waals surface area contributed by atoms with Gasteiger partial charge in [0, 0.05) is 6.20 Å². The quantitative estimate of drug-likeness (QED) is 0.855. The van der Waals surface area contributed by atoms with Gasteiger partial charge in [0.1, 0.15) is 18.2 Å². The lowest BCUT2D eigenvalue weighted by Crippen LogP contribution is -2.17. The third kappa shape index (κ3) is 2.81. The van der Waals surface area contributed by atoms with E-state index in [9.17, 15) is 4.79 Å². The number of ether oxygens (including phenoxy) is 1. The van der Waals surface area contributed by atoms with Gasteiger partial charge in [-0.25, -0.2) is 9.78 Å². The second kappa shape index (κ2) is 6.15. The molecule has 0 unspecified atom stereocenters. The van der Waals surface area contributed by atoms with E-state index in [2.05, 4.69) is 22.0 Å². The molecule has 1 N–H and O–H groups in total. The number of amides is 1. The Morgan fingerprint density at radius 2 is 2.45 bits per heavy atom. The summed E-state index contributed by atoms with van der Waals surface area (Å²) in [7, 11) is 0. The van der Waals surface area contributed by atoms with Gasteiger partial charge in [-0.15, -0.1) is 0 Å². The lowest BCUT2D eigenvalue weighted by molar-refractivity contribution is 0.174. The Morgan fingerprint density at radius 3 is 3.10 bits per heavy atom. The van der Waals surface area contributed by atoms with Crippen LogP contribution in [0, 0.1) is 11.3 Å². The van der Waals surface area contributed by atoms with E-state index in [1.807, 2.05) is 6.07 Å². The standard InChI is InChI=1S/C13H11N5O2/c1-2-7-20-13(19)17-12-10(8-14)9-16-18(12)11-5-3-4-6-15-11/h2-6,9H,1,7H2,(H,17,19). The van der Waals surface area contributed by atoms with E-state index in [1.165, 1.54) is 17.0 Å². The highest BCUT2D eigenvalue weighted by atomic mass is 16.5. The van der Waals surface area contributed by atoms with Crippen molar-refractivity contribution < 1.29 is 9.53 Å². The van der Waals surface area contributed by atoms with Gasteiger partial charge in [0.25, 0.3) is 0 Å². The minimum atomic E-state index is -0.695. The molecule has 0 spiro atoms. The van der Waals surface area contributed by atoms with Gasteiger partial charge in [0.2, 0.25) is 0 Å². The van der Waals surface area contributed by atoms with Gasteiger partial charge in [-0.05, 0) is 12.1 Å². The van der Waals surface area contributed by atoms with Crippen molar-refractivity contribution in [3.05, 3.63) is 48.8 Å². The van der Waals surface area contributed by atoms with Crippen LogP contribution in [0.1, 0.15) is 5.56 Å². The molecule has 0 saturated heterocycles. The summed E-state index contributed by atoms with van der Waals surface area (Å²) < 4.78 is 6.17. The van der Waals surface area contributed by atoms with E-state index in [0.29, 0.717) is 5.82 Å². The Balaban J connectivity index is 2.31. The number of carbonyl (C=O) groups excluding carboxylic acids is 1. The SMILES string of the molecule is C=CCOC(=O)Nc1c(C#N)cnn1-c1ccccn1. The predicted molar refractivity (Wildman–Crippen MR) is 71.2 cm³/mol. The molecule has 0 aliphatic heterocycles. The van der Waals surface area contributed by atoms with E-state index < -0.39 is 6.09 Å². The Morgan fingerprint density at radius 1 is 1.60 bits per heavy atom. The molecule has 1 amide bonds. The molecule has 2 aromatic rings. The van der Waals surface area contributed by atoms with Gasteiger partial charge in [0.15, 0.2) is 11.6 Å². The number of hydrogen-bond acceptors (Lipinski definition) is 5. The molecule has 2 heterocycles. The molecule has 0 aliphatic rings. The predicted octanol–water partition coefficient (Wildman–Crippen LogP) is 1.87. The molecule has 20 heavy (non-hydrogen) atoms. The third-order valence-electron chi connectivity index (χ3n) is 2.31. The van der Waals surface area contributed by atoms with Crippen molar-refractivity contribution in [3.8, 4) is 11.9 Å². The smallest absolute Gasteiger partial charge is 0.413 e. The topological polar surface area (TPSA) is 92.8 Å². The van der Waals surface area contributed by atoms with Crippen molar-refractivity contribution in [2.75, 3.05) is 11.9 Å². The largest absolute Gasteiger partial charge is 0.445 e. The second-order valence-electron chi connectivity index (χ2n) is 3.63. The number of pyridine rings is 1. The zero-order valence-corrected chi connectivity index (χ0v) is 10.5. The maximum Gasteiger partial charge on any atom is 0.413 e. The van der Waals surface area contributed by atoms with Crippen molar-refractivity contribution in [1.82, 2.24) is 14.8 Å². The van der Waals surface area contributed by atoms with Crippen LogP contribution < -0.4 is 5.32 Å². The summed E-state index contributed by atoms with van der Waals surface area (Å²) in [5.74, 6) is 0.688. The Bertz CT molecular complexity index is 657. The Labute approximate surface area is 115 Å². The van der Waals surface area contributed by atoms with Crippen LogP contribution in [0.3, 0.4) is 0 Å². The number of aromatic nitrogens is 3. The Kier molecular flexibility index (Phi) is 4.09. The summed E-state index contributed by atoms with van der Waals surface area (Å²) in [6.45, 7) is 3.52. The van der Waals surface area contributed by atoms with Crippen LogP contribution in [0.2, 0.25) is 0 Å². The second-order valence-corrected chi connectivity index (χ2v) is 3.63. The first-order valence-corrected chi connectivity index (χ1v) is 5.70. The highest BCUT2D eigenvalue weighted by Gasteiger charge is 2.15. The fraction of sp³-hybridized carbons (Fsp3) is 0.0769. The van der Waals surface area contributed by atoms with E-state index >= 15 is 0 Å². The number of nitriles is 1. The van der Waals surface area contributed by atoms with Gasteiger partial charge < -0.3 is 4.74 Å². The molecule has 0 aromatic carbocycles. The van der Waals surface area contributed by atoms with Crippen molar-refractivity contribution in [2.24, 2.45) is 0 Å². The zero-order chi connectivity index (χ0) is 14.4. The minimum Gasteiger partial charge on any atom is -0.445 e. The number of hydrogen-bond donors (Lipinski definition) is 1. The fourth-order valence-electron chi connectivity index (χ4n) is 1.47. The number of nitrogens with zero attached hydrogens (tertiary/aromatic N) is 4. The summed E-state index contributed by atoms with van der Waals surface area (Å²) in [6, 6.07) is 7.18. The minimum absolute atomic E-state index is 0.0748. The third-order valence-corrected chi connectivity index (χ3v) is 2.31. The summed E-state index contributed by atoms with van der Waals surface area (Å²) >= 11 is 0. The molecule has 0 saturated carbocycles. The van der Waals surface area contributed by atoms with Crippen LogP contribution in [0.4, 0.5) is 10.6 Å². The molecule has 7 nitrogen and oxygen atoms in total. The summed E-state index contributed by atoms with van der Waals surface area (Å²) in [5.41, 5.74) is 0.214. The monoisotopic (exact) mass is 269 g/mol. The van der Waals surface area contributed by atoms with Gasteiger partial charge in [-0.3, -0.25) is 5.32 Å². The lowest BCUT2D eigenvalue weighted by Gasteiger charge is -2.08. The first-order valence-electron chi connectivity index (χ1n) is 5.70. The molecule has 2 aromatic heterocycles. The average molecular weight is 269 g/mol. The molecule has 0 atom stereocenters. The maximum atomic E-state index is 11.6. The molecule has 0 bridgehead atoms. The van der Waals surface area contributed by atoms with E-state index in [-0.39, 0.29) is 18.0 Å². The number of anilines is 1. The molecular weight excluding hydrogens is 258 g/mol. The Hall–Kier alpha value is -3.14. The average Bonchev–Trinajstić information content (AvgIpc) is 2.88. The van der Waals surface area contributed by atoms with Gasteiger partial charge in [-0.2, -0.15) is 15.0 Å². The zero-order valence-electron chi connectivity index (χ0n) is 10.5. The summed E-state index contributed by atoms with van der Waals surface area (Å²) in [5, 5.41) is 15.5. The first kappa shape index (κ1) is 13.3. The van der Waals surface area contributed by atoms with Crippen LogP contribution >= 0.6 is 0 Å². The van der Waals surface area contributed by atoms with Gasteiger partial charge >= 0.3 is 6.09 Å². The highest BCUT2D eigenvalue weighted by Crippen LogP contribution is 2.18. The van der Waals surface area contributed by atoms with Gasteiger partial charge in [-0.1, -0.05) is 18.7 Å². The summed E-state index contributed by atoms with van der Waals surface area (Å²) in [6.07, 6.45) is 3.68. The first-order chi connectivity index (χ1) is 9.76. The van der Waals surface area contributed by atoms with Crippen molar-refractivity contribution >= 4 is 11.9 Å². The molecule has 100 valence electrons. The molecule has 0 fully saturated rings. The van der Waals surface area contributed by atoms with E-state index in [4.69, 9.17) is 10.00 Å². The normalized spacial score (nSPS) is 9.55. The van der Waals surface area contributed by atoms with Crippen LogP contribution in [0.25, 0.3) is 5.82 Å². The fourth-order valence-corrected chi connectivity index (χ4v) is 1.47. The highest BCUT2D eigenvalue weighted by molar-refractivity contribution is 5.85. The molecule has 2 rings (SSSR count). The van der Waals surface area contributed by atoms with Crippen LogP contribution in [0.5, 0.6) is 0 Å². The van der Waals surface area contributed by atoms with Crippen molar-refractivity contribution in [3.63, 3.8) is 0 Å². The van der Waals surface area contributed by atoms with E-state index in [0.717, 1.165) is 0 Å². The molecule has 0 radical (unpaired) electrons. The van der Waals surface area contributed by atoms with Gasteiger partial charge in [0.05, 0.1) is 6.20 Å². The molecule has 0 aliphatic carbocycles. The number of nitrogens with one attached hydrogen (secondary N) is 1. The molecule has 7 heteroatoms. The van der Waals surface area contributed by atoms with Crippen molar-refractivity contribution in [1.29, 1.82) is 5.26 Å².